The topological polar surface area (TPSA) is 56.7 Å². The fourth-order valence-electron chi connectivity index (χ4n) is 9.67. The standard InChI is InChI=1S/C57H34N4O/c1-2-17-37(18-3-1)55-58-56(60-57(59-55)45-27-14-30-50-53(45)44-25-10-11-28-49(44)61(50)48-29-13-20-36-16-5-7-22-40(36)48)38-31-32-51-47(33-38)54-43-24-9-8-23-42(43)46(34-52(54)62-51)41-26-12-19-35-15-4-6-21-39(35)41/h1-34H. The first-order chi connectivity index (χ1) is 30.7. The Labute approximate surface area is 355 Å². The second kappa shape index (κ2) is 13.6. The molecule has 0 fully saturated rings. The molecule has 0 aliphatic carbocycles. The van der Waals surface area contributed by atoms with Crippen molar-refractivity contribution >= 4 is 76.1 Å². The van der Waals surface area contributed by atoms with E-state index in [1.54, 1.807) is 0 Å². The molecule has 3 heterocycles. The van der Waals surface area contributed by atoms with E-state index in [-0.39, 0.29) is 0 Å². The molecule has 288 valence electrons. The zero-order chi connectivity index (χ0) is 40.7. The van der Waals surface area contributed by atoms with Gasteiger partial charge < -0.3 is 8.98 Å². The van der Waals surface area contributed by atoms with Gasteiger partial charge in [-0.3, -0.25) is 0 Å². The quantitative estimate of drug-likeness (QED) is 0.174. The molecular weight excluding hydrogens is 757 g/mol. The van der Waals surface area contributed by atoms with Crippen LogP contribution < -0.4 is 0 Å². The Bertz CT molecular complexity index is 3930. The number of benzene rings is 10. The number of aromatic nitrogens is 4. The molecule has 5 nitrogen and oxygen atoms in total. The van der Waals surface area contributed by atoms with Gasteiger partial charge >= 0.3 is 0 Å². The van der Waals surface area contributed by atoms with Gasteiger partial charge in [-0.15, -0.1) is 0 Å². The summed E-state index contributed by atoms with van der Waals surface area (Å²) >= 11 is 0. The molecule has 0 radical (unpaired) electrons. The van der Waals surface area contributed by atoms with Crippen molar-refractivity contribution < 1.29 is 4.42 Å². The molecule has 0 aliphatic heterocycles. The smallest absolute Gasteiger partial charge is 0.164 e. The van der Waals surface area contributed by atoms with Crippen molar-refractivity contribution in [1.82, 2.24) is 19.5 Å². The number of rotatable bonds is 5. The lowest BCUT2D eigenvalue weighted by Gasteiger charge is -2.12. The Morgan fingerprint density at radius 3 is 1.76 bits per heavy atom. The van der Waals surface area contributed by atoms with Gasteiger partial charge in [-0.2, -0.15) is 0 Å². The van der Waals surface area contributed by atoms with Gasteiger partial charge in [0.05, 0.1) is 16.7 Å². The second-order valence-corrected chi connectivity index (χ2v) is 15.9. The van der Waals surface area contributed by atoms with Gasteiger partial charge in [-0.05, 0) is 80.5 Å². The van der Waals surface area contributed by atoms with Crippen LogP contribution in [0.15, 0.2) is 211 Å². The fourth-order valence-corrected chi connectivity index (χ4v) is 9.67. The summed E-state index contributed by atoms with van der Waals surface area (Å²) in [6.45, 7) is 0. The highest BCUT2D eigenvalue weighted by atomic mass is 16.3. The van der Waals surface area contributed by atoms with Crippen molar-refractivity contribution in [2.45, 2.75) is 0 Å². The average Bonchev–Trinajstić information content (AvgIpc) is 3.89. The Morgan fingerprint density at radius 2 is 0.919 bits per heavy atom. The maximum atomic E-state index is 6.71. The van der Waals surface area contributed by atoms with Gasteiger partial charge in [0.15, 0.2) is 17.5 Å². The molecule has 0 aliphatic rings. The molecule has 13 aromatic rings. The van der Waals surface area contributed by atoms with E-state index in [2.05, 4.69) is 193 Å². The molecule has 3 aromatic heterocycles. The van der Waals surface area contributed by atoms with Crippen molar-refractivity contribution in [3.05, 3.63) is 206 Å². The van der Waals surface area contributed by atoms with Crippen LogP contribution in [-0.4, -0.2) is 19.5 Å². The number of hydrogen-bond acceptors (Lipinski definition) is 4. The lowest BCUT2D eigenvalue weighted by molar-refractivity contribution is 0.669. The van der Waals surface area contributed by atoms with Crippen LogP contribution >= 0.6 is 0 Å². The number of furan rings is 1. The van der Waals surface area contributed by atoms with E-state index in [1.807, 2.05) is 18.2 Å². The van der Waals surface area contributed by atoms with Crippen LogP contribution in [0.2, 0.25) is 0 Å². The lowest BCUT2D eigenvalue weighted by atomic mass is 9.92. The third kappa shape index (κ3) is 5.25. The van der Waals surface area contributed by atoms with Crippen molar-refractivity contribution in [3.8, 4) is 51.0 Å². The molecule has 0 unspecified atom stereocenters. The third-order valence-corrected chi connectivity index (χ3v) is 12.4. The maximum Gasteiger partial charge on any atom is 0.164 e. The van der Waals surface area contributed by atoms with Crippen LogP contribution in [0.25, 0.3) is 127 Å². The van der Waals surface area contributed by atoms with E-state index in [0.717, 1.165) is 77.1 Å². The summed E-state index contributed by atoms with van der Waals surface area (Å²) in [6.07, 6.45) is 0. The van der Waals surface area contributed by atoms with E-state index in [0.29, 0.717) is 17.5 Å². The van der Waals surface area contributed by atoms with Crippen LogP contribution in [0.5, 0.6) is 0 Å². The highest BCUT2D eigenvalue weighted by Gasteiger charge is 2.22. The molecule has 0 saturated carbocycles. The van der Waals surface area contributed by atoms with Gasteiger partial charge in [0.25, 0.3) is 0 Å². The van der Waals surface area contributed by atoms with Crippen LogP contribution in [0.1, 0.15) is 0 Å². The first-order valence-corrected chi connectivity index (χ1v) is 20.9. The van der Waals surface area contributed by atoms with E-state index in [4.69, 9.17) is 19.4 Å². The molecule has 0 atom stereocenters. The van der Waals surface area contributed by atoms with Gasteiger partial charge in [0, 0.05) is 43.6 Å². The summed E-state index contributed by atoms with van der Waals surface area (Å²) < 4.78 is 9.09. The van der Waals surface area contributed by atoms with Gasteiger partial charge in [0.1, 0.15) is 11.2 Å². The van der Waals surface area contributed by atoms with Crippen molar-refractivity contribution in [1.29, 1.82) is 0 Å². The van der Waals surface area contributed by atoms with Gasteiger partial charge in [-0.25, -0.2) is 15.0 Å². The number of nitrogens with zero attached hydrogens (tertiary/aromatic N) is 4. The molecule has 0 spiro atoms. The third-order valence-electron chi connectivity index (χ3n) is 12.4. The van der Waals surface area contributed by atoms with E-state index < -0.39 is 0 Å². The first kappa shape index (κ1) is 34.5. The molecule has 0 saturated heterocycles. The summed E-state index contributed by atoms with van der Waals surface area (Å²) in [5, 5.41) is 11.4. The molecular formula is C57H34N4O. The van der Waals surface area contributed by atoms with Crippen LogP contribution in [0, 0.1) is 0 Å². The van der Waals surface area contributed by atoms with Crippen LogP contribution in [0.3, 0.4) is 0 Å². The SMILES string of the molecule is c1ccc(-c2nc(-c3ccc4oc5cc(-c6cccc7ccccc67)c6ccccc6c5c4c3)nc(-c3cccc4c3c3ccccc3n4-c3cccc4ccccc34)n2)cc1. The maximum absolute atomic E-state index is 6.71. The molecule has 0 amide bonds. The van der Waals surface area contributed by atoms with E-state index in [9.17, 15) is 0 Å². The minimum absolute atomic E-state index is 0.594. The first-order valence-electron chi connectivity index (χ1n) is 20.9. The number of fused-ring (bicyclic) bond motifs is 10. The van der Waals surface area contributed by atoms with E-state index in [1.165, 1.54) is 32.5 Å². The van der Waals surface area contributed by atoms with Gasteiger partial charge in [0.2, 0.25) is 0 Å². The highest BCUT2D eigenvalue weighted by Crippen LogP contribution is 2.44. The van der Waals surface area contributed by atoms with Crippen molar-refractivity contribution in [3.63, 3.8) is 0 Å². The molecule has 0 N–H and O–H groups in total. The largest absolute Gasteiger partial charge is 0.456 e. The lowest BCUT2D eigenvalue weighted by Crippen LogP contribution is -2.00. The monoisotopic (exact) mass is 790 g/mol. The van der Waals surface area contributed by atoms with Crippen molar-refractivity contribution in [2.24, 2.45) is 0 Å². The number of para-hydroxylation sites is 1. The summed E-state index contributed by atoms with van der Waals surface area (Å²) in [5.41, 5.74) is 10.1. The Balaban J connectivity index is 1.04. The zero-order valence-electron chi connectivity index (χ0n) is 33.3. The van der Waals surface area contributed by atoms with Gasteiger partial charge in [-0.1, -0.05) is 164 Å². The predicted molar refractivity (Wildman–Crippen MR) is 256 cm³/mol. The van der Waals surface area contributed by atoms with Crippen LogP contribution in [0.4, 0.5) is 0 Å². The minimum Gasteiger partial charge on any atom is -0.456 e. The molecule has 10 aromatic carbocycles. The average molecular weight is 791 g/mol. The van der Waals surface area contributed by atoms with E-state index >= 15 is 0 Å². The summed E-state index contributed by atoms with van der Waals surface area (Å²) in [5.74, 6) is 1.82. The summed E-state index contributed by atoms with van der Waals surface area (Å²) in [6, 6.07) is 72.6. The summed E-state index contributed by atoms with van der Waals surface area (Å²) in [7, 11) is 0. The zero-order valence-corrected chi connectivity index (χ0v) is 33.3. The Hall–Kier alpha value is -8.41. The predicted octanol–water partition coefficient (Wildman–Crippen LogP) is 15.0. The normalized spacial score (nSPS) is 11.9. The Morgan fingerprint density at radius 1 is 0.323 bits per heavy atom. The molecule has 5 heteroatoms. The van der Waals surface area contributed by atoms with Crippen molar-refractivity contribution in [2.75, 3.05) is 0 Å². The molecule has 62 heavy (non-hydrogen) atoms. The highest BCUT2D eigenvalue weighted by molar-refractivity contribution is 6.23. The fraction of sp³-hybridized carbons (Fsp3) is 0. The summed E-state index contributed by atoms with van der Waals surface area (Å²) in [4.78, 5) is 15.8. The molecule has 13 rings (SSSR count). The van der Waals surface area contributed by atoms with Crippen LogP contribution in [-0.2, 0) is 0 Å². The number of hydrogen-bond donors (Lipinski definition) is 0. The Kier molecular flexibility index (Phi) is 7.54. The second-order valence-electron chi connectivity index (χ2n) is 15.9. The molecule has 0 bridgehead atoms. The minimum atomic E-state index is 0.594.